The largest absolute Gasteiger partial charge is 0.296 e. The van der Waals surface area contributed by atoms with E-state index in [1.54, 1.807) is 33.3 Å². The number of para-hydroxylation sites is 10. The summed E-state index contributed by atoms with van der Waals surface area (Å²) in [6.45, 7) is 17.0. The van der Waals surface area contributed by atoms with Crippen molar-refractivity contribution >= 4 is 55.2 Å². The van der Waals surface area contributed by atoms with Gasteiger partial charge in [-0.3, -0.25) is 0 Å². The number of imidazole rings is 5. The number of aromatic nitrogens is 20. The SMILES string of the molecule is C.C.C.Cc1cc(-n2c(-c3ccccc3C)[n+](C)c3ccccc32)nc(C)n1.Cc1ccccc1-c1n(-c2ccncn2)c2ccccc2[n+]1C.Cc1nccc(-n2c(-c3ccccc3C)[n+](C)c3ccccc32)n1.[2H]C([2H])([2H])c1c(C)nc(C)nc1-n1c(-c2ccccc2C)[n+](C)c2ccccc21.[2H]C([2H])([2H])c1c(C)ncnc1-n1c(-c2ccccc2C)[n+](C)c2ccccc21. The monoisotopic (exact) mass is 1670 g/mol. The zero-order valence-electron chi connectivity index (χ0n) is 78.1. The van der Waals surface area contributed by atoms with E-state index < -0.39 is 13.7 Å². The van der Waals surface area contributed by atoms with Crippen LogP contribution in [0.5, 0.6) is 0 Å². The Morgan fingerprint density at radius 2 is 0.579 bits per heavy atom. The molecule has 20 nitrogen and oxygen atoms in total. The van der Waals surface area contributed by atoms with E-state index in [9.17, 15) is 0 Å². The average Bonchev–Trinajstić information content (AvgIpc) is 1.49. The van der Waals surface area contributed by atoms with E-state index in [-0.39, 0.29) is 33.4 Å². The number of rotatable bonds is 10. The molecule has 0 bridgehead atoms. The molecule has 20 heteroatoms. The Labute approximate surface area is 747 Å². The van der Waals surface area contributed by atoms with E-state index in [4.69, 9.17) is 13.2 Å². The van der Waals surface area contributed by atoms with Crippen LogP contribution in [0.3, 0.4) is 0 Å². The van der Waals surface area contributed by atoms with Crippen LogP contribution in [0.2, 0.25) is 0 Å². The minimum Gasteiger partial charge on any atom is -0.244 e. The first-order valence-electron chi connectivity index (χ1n) is 43.9. The first kappa shape index (κ1) is 80.7. The van der Waals surface area contributed by atoms with Crippen molar-refractivity contribution in [2.45, 2.75) is 112 Å². The second-order valence-electron chi connectivity index (χ2n) is 30.8. The van der Waals surface area contributed by atoms with Crippen molar-refractivity contribution in [3.05, 3.63) is 359 Å². The van der Waals surface area contributed by atoms with Gasteiger partial charge in [0.25, 0.3) is 29.1 Å². The maximum Gasteiger partial charge on any atom is 0.296 e. The third-order valence-corrected chi connectivity index (χ3v) is 22.6. The van der Waals surface area contributed by atoms with Crippen molar-refractivity contribution < 1.29 is 31.1 Å². The molecular weight excluding hydrogens is 1550 g/mol. The predicted octanol–water partition coefficient (Wildman–Crippen LogP) is 20.5. The van der Waals surface area contributed by atoms with Crippen LogP contribution in [0.25, 0.3) is 141 Å². The smallest absolute Gasteiger partial charge is 0.244 e. The molecular formula is C106H113N20+5. The van der Waals surface area contributed by atoms with Gasteiger partial charge in [-0.2, -0.15) is 47.8 Å². The molecule has 632 valence electrons. The van der Waals surface area contributed by atoms with E-state index in [1.165, 1.54) is 56.3 Å². The Morgan fingerprint density at radius 3 is 0.944 bits per heavy atom. The molecule has 20 aromatic rings. The topological polar surface area (TPSA) is 173 Å². The zero-order valence-corrected chi connectivity index (χ0v) is 72.1. The van der Waals surface area contributed by atoms with Gasteiger partial charge in [-0.15, -0.1) is 0 Å². The summed E-state index contributed by atoms with van der Waals surface area (Å²) in [5.41, 5.74) is 24.5. The molecule has 0 saturated carbocycles. The predicted molar refractivity (Wildman–Crippen MR) is 509 cm³/mol. The van der Waals surface area contributed by atoms with E-state index in [0.717, 1.165) is 125 Å². The van der Waals surface area contributed by atoms with Crippen LogP contribution in [0.15, 0.2) is 286 Å². The maximum absolute atomic E-state index is 8.14. The molecule has 0 amide bonds. The second kappa shape index (κ2) is 37.7. The Kier molecular flexibility index (Phi) is 24.2. The molecule has 126 heavy (non-hydrogen) atoms. The fraction of sp³-hybridized carbons (Fsp3) is 0.198. The first-order chi connectivity index (χ1) is 62.0. The van der Waals surface area contributed by atoms with Gasteiger partial charge in [0.05, 0.1) is 63.1 Å². The van der Waals surface area contributed by atoms with E-state index >= 15 is 0 Å². The molecule has 20 rings (SSSR count). The number of aryl methyl sites for hydroxylation is 16. The molecule has 0 unspecified atom stereocenters. The summed E-state index contributed by atoms with van der Waals surface area (Å²) in [4.78, 5) is 44.1. The van der Waals surface area contributed by atoms with Gasteiger partial charge in [0, 0.05) is 67.0 Å². The molecule has 0 spiro atoms. The molecule has 0 N–H and O–H groups in total. The minimum absolute atomic E-state index is 0. The van der Waals surface area contributed by atoms with Gasteiger partial charge in [0.1, 0.15) is 30.1 Å². The number of fused-ring (bicyclic) bond motifs is 5. The summed E-state index contributed by atoms with van der Waals surface area (Å²) in [5.74, 6) is 10.7. The van der Waals surface area contributed by atoms with Gasteiger partial charge < -0.3 is 0 Å². The third-order valence-electron chi connectivity index (χ3n) is 22.6. The normalized spacial score (nSPS) is 11.8. The fourth-order valence-corrected chi connectivity index (χ4v) is 16.6. The highest BCUT2D eigenvalue weighted by molar-refractivity contribution is 5.84. The first-order valence-corrected chi connectivity index (χ1v) is 40.9. The van der Waals surface area contributed by atoms with Crippen LogP contribution >= 0.6 is 0 Å². The molecule has 0 saturated heterocycles. The second-order valence-corrected chi connectivity index (χ2v) is 30.8. The number of nitrogens with zero attached hydrogens (tertiary/aromatic N) is 20. The summed E-state index contributed by atoms with van der Waals surface area (Å²) < 4.78 is 70.0. The van der Waals surface area contributed by atoms with Gasteiger partial charge in [0.15, 0.2) is 55.2 Å². The Morgan fingerprint density at radius 1 is 0.262 bits per heavy atom. The fourth-order valence-electron chi connectivity index (χ4n) is 16.6. The van der Waals surface area contributed by atoms with Crippen LogP contribution in [-0.2, 0) is 35.2 Å². The Hall–Kier alpha value is -15.1. The molecule has 10 heterocycles. The summed E-state index contributed by atoms with van der Waals surface area (Å²) in [6.07, 6.45) is 6.61. The number of benzene rings is 10. The molecule has 10 aromatic carbocycles. The lowest BCUT2D eigenvalue weighted by Gasteiger charge is -2.09. The van der Waals surface area contributed by atoms with Crippen LogP contribution in [-0.4, -0.2) is 72.7 Å². The van der Waals surface area contributed by atoms with Crippen molar-refractivity contribution in [1.82, 2.24) is 72.7 Å². The molecule has 0 aliphatic carbocycles. The molecule has 0 atom stereocenters. The van der Waals surface area contributed by atoms with Crippen molar-refractivity contribution in [2.75, 3.05) is 0 Å². The summed E-state index contributed by atoms with van der Waals surface area (Å²) in [6, 6.07) is 88.6. The van der Waals surface area contributed by atoms with Crippen LogP contribution in [0.1, 0.15) is 104 Å². The minimum atomic E-state index is -2.33. The molecule has 0 radical (unpaired) electrons. The number of hydrogen-bond donors (Lipinski definition) is 0. The molecule has 10 aromatic heterocycles. The molecule has 0 aliphatic rings. The molecule has 0 fully saturated rings. The standard InChI is InChI=1S/C22H23N4.2C21H21N4.C20H19N4.C19H17N4.3CH4/c1-14-10-6-7-11-18(14)22-25(5)19-12-8-9-13-20(19)26(22)21-15(2)16(3)23-17(4)24-21;1-14-9-5-6-10-17(14)21-24(4)18-11-7-8-12-19(18)25(21)20-15(2)16(3)22-13-23-20;1-14-9-5-6-10-17(14)21-24(4)18-11-7-8-12-19(18)25(21)20-13-15(2)22-16(3)23-20;1-14-8-4-5-9-16(14)20-23(3)17-10-6-7-11-18(17)24(20)19-12-13-21-15(2)22-19;1-14-7-3-4-8-15(14)19-22(2)16-9-5-6-10-17(16)23(19)18-11-12-20-13-21-18;;;/h6-13H,1-5H3;2*5-13H,1-4H3;4-13H,1-3H3;3-13H,1-2H3;3*1H4/q5*+1;;;/i2*2D3;;;;;;. The average molecular weight is 1670 g/mol. The van der Waals surface area contributed by atoms with Crippen LogP contribution in [0.4, 0.5) is 0 Å². The van der Waals surface area contributed by atoms with Crippen molar-refractivity contribution in [2.24, 2.45) is 35.2 Å². The Bertz CT molecular complexity index is 7630. The molecule has 0 aliphatic heterocycles. The lowest BCUT2D eigenvalue weighted by atomic mass is 10.1. The zero-order chi connectivity index (χ0) is 91.0. The van der Waals surface area contributed by atoms with Crippen LogP contribution in [0, 0.1) is 89.9 Å². The summed E-state index contributed by atoms with van der Waals surface area (Å²) >= 11 is 0. The summed E-state index contributed by atoms with van der Waals surface area (Å²) in [5, 5.41) is 0. The van der Waals surface area contributed by atoms with Crippen molar-refractivity contribution in [3.8, 4) is 86.0 Å². The van der Waals surface area contributed by atoms with Crippen molar-refractivity contribution in [3.63, 3.8) is 0 Å². The lowest BCUT2D eigenvalue weighted by Crippen LogP contribution is -2.30. The van der Waals surface area contributed by atoms with E-state index in [0.29, 0.717) is 28.8 Å². The highest BCUT2D eigenvalue weighted by Gasteiger charge is 2.35. The summed E-state index contributed by atoms with van der Waals surface area (Å²) in [7, 11) is 10.3. The van der Waals surface area contributed by atoms with Crippen LogP contribution < -0.4 is 22.8 Å². The van der Waals surface area contributed by atoms with Gasteiger partial charge in [-0.05, 0) is 209 Å². The maximum atomic E-state index is 8.14. The quantitative estimate of drug-likeness (QED) is 0.120. The van der Waals surface area contributed by atoms with Crippen molar-refractivity contribution in [1.29, 1.82) is 0 Å². The lowest BCUT2D eigenvalue weighted by molar-refractivity contribution is -0.634. The highest BCUT2D eigenvalue weighted by Crippen LogP contribution is 2.36. The Balaban J connectivity index is 0.000000140. The third kappa shape index (κ3) is 16.8. The number of hydrogen-bond acceptors (Lipinski definition) is 10. The van der Waals surface area contributed by atoms with Gasteiger partial charge in [-0.1, -0.05) is 174 Å². The van der Waals surface area contributed by atoms with E-state index in [2.05, 4.69) is 288 Å². The van der Waals surface area contributed by atoms with E-state index in [1.807, 2.05) is 160 Å². The van der Waals surface area contributed by atoms with Gasteiger partial charge >= 0.3 is 0 Å². The highest BCUT2D eigenvalue weighted by atomic mass is 15.2. The van der Waals surface area contributed by atoms with Gasteiger partial charge in [0.2, 0.25) is 29.1 Å². The van der Waals surface area contributed by atoms with Gasteiger partial charge in [-0.25, -0.2) is 47.8 Å².